The molecule has 4 heteroatoms. The largest absolute Gasteiger partial charge is 0.334 e. The molecule has 0 saturated heterocycles. The van der Waals surface area contributed by atoms with Gasteiger partial charge in [0.25, 0.3) is 5.91 Å². The van der Waals surface area contributed by atoms with Gasteiger partial charge in [-0.15, -0.1) is 0 Å². The van der Waals surface area contributed by atoms with Gasteiger partial charge in [0, 0.05) is 5.56 Å². The summed E-state index contributed by atoms with van der Waals surface area (Å²) in [6.07, 6.45) is 0. The van der Waals surface area contributed by atoms with Crippen LogP contribution in [0, 0.1) is 24.1 Å². The van der Waals surface area contributed by atoms with Crippen LogP contribution in [0.25, 0.3) is 0 Å². The van der Waals surface area contributed by atoms with Crippen molar-refractivity contribution < 1.29 is 9.18 Å². The molecular weight excluding hydrogens is 207 g/mol. The zero-order valence-electron chi connectivity index (χ0n) is 9.47. The fraction of sp³-hybridized carbons (Fsp3) is 0.333. The third-order valence-electron chi connectivity index (χ3n) is 2.01. The van der Waals surface area contributed by atoms with Crippen molar-refractivity contribution in [2.24, 2.45) is 0 Å². The van der Waals surface area contributed by atoms with Crippen LogP contribution in [-0.2, 0) is 0 Å². The summed E-state index contributed by atoms with van der Waals surface area (Å²) < 4.78 is 13.1. The molecule has 0 radical (unpaired) electrons. The van der Waals surface area contributed by atoms with Crippen molar-refractivity contribution in [3.63, 3.8) is 0 Å². The van der Waals surface area contributed by atoms with E-state index in [-0.39, 0.29) is 5.56 Å². The number of nitriles is 1. The van der Waals surface area contributed by atoms with Crippen molar-refractivity contribution in [3.05, 3.63) is 35.1 Å². The van der Waals surface area contributed by atoms with E-state index in [1.54, 1.807) is 26.8 Å². The highest BCUT2D eigenvalue weighted by molar-refractivity contribution is 5.95. The van der Waals surface area contributed by atoms with Gasteiger partial charge < -0.3 is 5.32 Å². The van der Waals surface area contributed by atoms with E-state index in [0.717, 1.165) is 6.07 Å². The zero-order chi connectivity index (χ0) is 12.3. The maximum Gasteiger partial charge on any atom is 0.252 e. The van der Waals surface area contributed by atoms with Crippen LogP contribution in [0.3, 0.4) is 0 Å². The minimum absolute atomic E-state index is 0.223. The Morgan fingerprint density at radius 1 is 1.44 bits per heavy atom. The van der Waals surface area contributed by atoms with E-state index >= 15 is 0 Å². The molecule has 0 atom stereocenters. The monoisotopic (exact) mass is 220 g/mol. The van der Waals surface area contributed by atoms with Crippen LogP contribution in [0.2, 0.25) is 0 Å². The number of nitrogens with one attached hydrogen (secondary N) is 1. The fourth-order valence-corrected chi connectivity index (χ4v) is 1.25. The van der Waals surface area contributed by atoms with Crippen LogP contribution in [0.5, 0.6) is 0 Å². The number of rotatable bonds is 2. The maximum atomic E-state index is 13.1. The lowest BCUT2D eigenvalue weighted by atomic mass is 10.1. The highest BCUT2D eigenvalue weighted by Crippen LogP contribution is 2.10. The van der Waals surface area contributed by atoms with Crippen LogP contribution in [-0.4, -0.2) is 11.4 Å². The highest BCUT2D eigenvalue weighted by Gasteiger charge is 2.20. The Balaban J connectivity index is 2.94. The second-order valence-electron chi connectivity index (χ2n) is 4.21. The first-order chi connectivity index (χ1) is 7.34. The summed E-state index contributed by atoms with van der Waals surface area (Å²) in [6.45, 7) is 4.86. The average molecular weight is 220 g/mol. The molecule has 0 bridgehead atoms. The van der Waals surface area contributed by atoms with Crippen molar-refractivity contribution >= 4 is 5.91 Å². The molecule has 1 rings (SSSR count). The Morgan fingerprint density at radius 2 is 2.06 bits per heavy atom. The molecule has 0 unspecified atom stereocenters. The summed E-state index contributed by atoms with van der Waals surface area (Å²) >= 11 is 0. The minimum Gasteiger partial charge on any atom is -0.334 e. The summed E-state index contributed by atoms with van der Waals surface area (Å²) in [4.78, 5) is 11.7. The Hall–Kier alpha value is -1.89. The smallest absolute Gasteiger partial charge is 0.252 e. The number of amides is 1. The normalized spacial score (nSPS) is 10.7. The van der Waals surface area contributed by atoms with Crippen molar-refractivity contribution in [1.82, 2.24) is 5.32 Å². The van der Waals surface area contributed by atoms with Crippen molar-refractivity contribution in [2.75, 3.05) is 0 Å². The van der Waals surface area contributed by atoms with Crippen LogP contribution in [0.4, 0.5) is 4.39 Å². The average Bonchev–Trinajstić information content (AvgIpc) is 2.15. The Labute approximate surface area is 93.9 Å². The Morgan fingerprint density at radius 3 is 2.56 bits per heavy atom. The van der Waals surface area contributed by atoms with E-state index in [2.05, 4.69) is 5.32 Å². The number of nitrogens with zero attached hydrogens (tertiary/aromatic N) is 1. The fourth-order valence-electron chi connectivity index (χ4n) is 1.25. The lowest BCUT2D eigenvalue weighted by Gasteiger charge is -2.17. The molecule has 0 spiro atoms. The standard InChI is InChI=1S/C12H13FN2O/c1-8-4-9(6-10(13)5-8)11(16)15-12(2,3)7-14/h4-6H,1-3H3,(H,15,16). The number of hydrogen-bond acceptors (Lipinski definition) is 2. The summed E-state index contributed by atoms with van der Waals surface area (Å²) in [7, 11) is 0. The topological polar surface area (TPSA) is 52.9 Å². The third-order valence-corrected chi connectivity index (χ3v) is 2.01. The first kappa shape index (κ1) is 12.2. The SMILES string of the molecule is Cc1cc(F)cc(C(=O)NC(C)(C)C#N)c1. The van der Waals surface area contributed by atoms with Gasteiger partial charge in [-0.1, -0.05) is 0 Å². The van der Waals surface area contributed by atoms with Crippen LogP contribution in [0.1, 0.15) is 29.8 Å². The van der Waals surface area contributed by atoms with Gasteiger partial charge in [-0.05, 0) is 44.5 Å². The van der Waals surface area contributed by atoms with Crippen molar-refractivity contribution in [1.29, 1.82) is 5.26 Å². The van der Waals surface area contributed by atoms with Crippen LogP contribution in [0.15, 0.2) is 18.2 Å². The van der Waals surface area contributed by atoms with E-state index in [1.807, 2.05) is 6.07 Å². The van der Waals surface area contributed by atoms with Gasteiger partial charge in [0.1, 0.15) is 11.4 Å². The van der Waals surface area contributed by atoms with Gasteiger partial charge in [-0.2, -0.15) is 5.26 Å². The molecule has 84 valence electrons. The third kappa shape index (κ3) is 3.06. The Kier molecular flexibility index (Phi) is 3.28. The van der Waals surface area contributed by atoms with Gasteiger partial charge >= 0.3 is 0 Å². The van der Waals surface area contributed by atoms with Gasteiger partial charge in [-0.25, -0.2) is 4.39 Å². The van der Waals surface area contributed by atoms with E-state index < -0.39 is 17.3 Å². The molecule has 0 aliphatic carbocycles. The maximum absolute atomic E-state index is 13.1. The summed E-state index contributed by atoms with van der Waals surface area (Å²) in [5, 5.41) is 11.3. The lowest BCUT2D eigenvalue weighted by molar-refractivity contribution is 0.0928. The molecule has 0 saturated carbocycles. The molecule has 1 aromatic carbocycles. The van der Waals surface area contributed by atoms with Gasteiger partial charge in [-0.3, -0.25) is 4.79 Å². The first-order valence-corrected chi connectivity index (χ1v) is 4.85. The van der Waals surface area contributed by atoms with Crippen LogP contribution < -0.4 is 5.32 Å². The van der Waals surface area contributed by atoms with E-state index in [4.69, 9.17) is 5.26 Å². The van der Waals surface area contributed by atoms with E-state index in [1.165, 1.54) is 6.07 Å². The van der Waals surface area contributed by atoms with Crippen molar-refractivity contribution in [3.8, 4) is 6.07 Å². The molecule has 0 aliphatic rings. The summed E-state index contributed by atoms with van der Waals surface area (Å²) in [5.74, 6) is -0.908. The predicted octanol–water partition coefficient (Wildman–Crippen LogP) is 2.17. The van der Waals surface area contributed by atoms with E-state index in [9.17, 15) is 9.18 Å². The number of benzene rings is 1. The first-order valence-electron chi connectivity index (χ1n) is 4.85. The molecule has 0 aromatic heterocycles. The molecule has 0 heterocycles. The highest BCUT2D eigenvalue weighted by atomic mass is 19.1. The molecule has 0 fully saturated rings. The van der Waals surface area contributed by atoms with Crippen molar-refractivity contribution in [2.45, 2.75) is 26.3 Å². The molecule has 1 amide bonds. The minimum atomic E-state index is -0.961. The summed E-state index contributed by atoms with van der Waals surface area (Å²) in [6, 6.07) is 6.01. The quantitative estimate of drug-likeness (QED) is 0.830. The summed E-state index contributed by atoms with van der Waals surface area (Å²) in [5.41, 5.74) is -0.0714. The predicted molar refractivity (Wildman–Crippen MR) is 58.3 cm³/mol. The van der Waals surface area contributed by atoms with Crippen LogP contribution >= 0.6 is 0 Å². The molecule has 1 aromatic rings. The second kappa shape index (κ2) is 4.31. The number of halogens is 1. The Bertz CT molecular complexity index is 440. The molecule has 0 aliphatic heterocycles. The molecule has 3 nitrogen and oxygen atoms in total. The number of carbonyl (C=O) groups is 1. The van der Waals surface area contributed by atoms with Gasteiger partial charge in [0.2, 0.25) is 0 Å². The lowest BCUT2D eigenvalue weighted by Crippen LogP contribution is -2.42. The molecule has 16 heavy (non-hydrogen) atoms. The van der Waals surface area contributed by atoms with Gasteiger partial charge in [0.05, 0.1) is 6.07 Å². The molecule has 1 N–H and O–H groups in total. The van der Waals surface area contributed by atoms with E-state index in [0.29, 0.717) is 5.56 Å². The zero-order valence-corrected chi connectivity index (χ0v) is 9.47. The number of hydrogen-bond donors (Lipinski definition) is 1. The van der Waals surface area contributed by atoms with Gasteiger partial charge in [0.15, 0.2) is 0 Å². The number of aryl methyl sites for hydroxylation is 1. The second-order valence-corrected chi connectivity index (χ2v) is 4.21. The number of carbonyl (C=O) groups excluding carboxylic acids is 1. The molecular formula is C12H13FN2O.